The number of halogens is 2. The zero-order valence-electron chi connectivity index (χ0n) is 14.4. The van der Waals surface area contributed by atoms with E-state index in [1.54, 1.807) is 6.07 Å². The lowest BCUT2D eigenvalue weighted by Crippen LogP contribution is -1.98. The van der Waals surface area contributed by atoms with Gasteiger partial charge in [0, 0.05) is 0 Å². The molecular weight excluding hydrogens is 304 g/mol. The molecule has 3 heteroatoms. The van der Waals surface area contributed by atoms with Crippen LogP contribution >= 0.6 is 0 Å². The molecule has 1 aromatic carbocycles. The summed E-state index contributed by atoms with van der Waals surface area (Å²) in [6, 6.07) is 4.09. The van der Waals surface area contributed by atoms with E-state index in [-0.39, 0.29) is 0 Å². The quantitative estimate of drug-likeness (QED) is 0.487. The van der Waals surface area contributed by atoms with Crippen molar-refractivity contribution in [1.82, 2.24) is 0 Å². The van der Waals surface area contributed by atoms with Gasteiger partial charge in [-0.15, -0.1) is 0 Å². The van der Waals surface area contributed by atoms with Crippen LogP contribution in [0, 0.1) is 23.0 Å². The smallest absolute Gasteiger partial charge is 0.144 e. The van der Waals surface area contributed by atoms with E-state index in [2.05, 4.69) is 13.0 Å². The number of nitrogens with zero attached hydrogens (tertiary/aromatic N) is 1. The van der Waals surface area contributed by atoms with Gasteiger partial charge in [0.1, 0.15) is 23.3 Å². The summed E-state index contributed by atoms with van der Waals surface area (Å²) in [4.78, 5) is 0. The van der Waals surface area contributed by atoms with E-state index < -0.39 is 17.2 Å². The maximum absolute atomic E-state index is 13.7. The van der Waals surface area contributed by atoms with Gasteiger partial charge >= 0.3 is 0 Å². The largest absolute Gasteiger partial charge is 0.205 e. The Morgan fingerprint density at radius 3 is 2.21 bits per heavy atom. The average molecular weight is 329 g/mol. The average Bonchev–Trinajstić information content (AvgIpc) is 2.58. The molecule has 1 aromatic rings. The first-order chi connectivity index (χ1) is 11.7. The van der Waals surface area contributed by atoms with Crippen molar-refractivity contribution in [2.75, 3.05) is 0 Å². The number of allylic oxidation sites excluding steroid dienone is 4. The van der Waals surface area contributed by atoms with E-state index in [0.29, 0.717) is 5.56 Å². The van der Waals surface area contributed by atoms with Crippen LogP contribution in [-0.4, -0.2) is 0 Å². The lowest BCUT2D eigenvalue weighted by atomic mass is 9.90. The van der Waals surface area contributed by atoms with Crippen LogP contribution in [0.2, 0.25) is 0 Å². The topological polar surface area (TPSA) is 23.8 Å². The molecule has 24 heavy (non-hydrogen) atoms. The minimum atomic E-state index is -0.782. The zero-order chi connectivity index (χ0) is 17.4. The van der Waals surface area contributed by atoms with E-state index in [9.17, 15) is 8.78 Å². The van der Waals surface area contributed by atoms with E-state index >= 15 is 0 Å². The minimum absolute atomic E-state index is 0.505. The molecule has 0 amide bonds. The highest BCUT2D eigenvalue weighted by atomic mass is 19.1. The van der Waals surface area contributed by atoms with E-state index in [0.717, 1.165) is 24.8 Å². The van der Waals surface area contributed by atoms with Crippen molar-refractivity contribution >= 4 is 5.57 Å². The van der Waals surface area contributed by atoms with Crippen LogP contribution in [0.4, 0.5) is 8.78 Å². The summed E-state index contributed by atoms with van der Waals surface area (Å²) in [7, 11) is 0. The Bertz CT molecular complexity index is 642. The molecule has 2 rings (SSSR count). The van der Waals surface area contributed by atoms with Crippen LogP contribution in [0.25, 0.3) is 5.57 Å². The van der Waals surface area contributed by atoms with E-state index in [1.165, 1.54) is 56.2 Å². The SMILES string of the molecule is CCCCCCCCC1=CC=C(c2cc(F)c(C#N)c(F)c2)CC1. The van der Waals surface area contributed by atoms with Crippen LogP contribution in [-0.2, 0) is 0 Å². The van der Waals surface area contributed by atoms with Crippen molar-refractivity contribution < 1.29 is 8.78 Å². The highest BCUT2D eigenvalue weighted by Gasteiger charge is 2.14. The van der Waals surface area contributed by atoms with Gasteiger partial charge in [-0.05, 0) is 49.0 Å². The molecule has 0 radical (unpaired) electrons. The van der Waals surface area contributed by atoms with Crippen LogP contribution in [0.15, 0.2) is 29.9 Å². The summed E-state index contributed by atoms with van der Waals surface area (Å²) in [5.41, 5.74) is 2.39. The van der Waals surface area contributed by atoms with Gasteiger partial charge < -0.3 is 0 Å². The standard InChI is InChI=1S/C21H25F2N/c1-2-3-4-5-6-7-8-16-9-11-17(12-10-16)18-13-20(22)19(15-24)21(23)14-18/h9,11,13-14H,2-8,10,12H2,1H3. The molecule has 0 aliphatic heterocycles. The Balaban J connectivity index is 1.92. The van der Waals surface area contributed by atoms with Gasteiger partial charge in [-0.25, -0.2) is 8.78 Å². The Morgan fingerprint density at radius 1 is 0.958 bits per heavy atom. The summed E-state index contributed by atoms with van der Waals surface area (Å²) in [5.74, 6) is -1.56. The Morgan fingerprint density at radius 2 is 1.62 bits per heavy atom. The van der Waals surface area contributed by atoms with Crippen molar-refractivity contribution in [3.8, 4) is 6.07 Å². The summed E-state index contributed by atoms with van der Waals surface area (Å²) >= 11 is 0. The second kappa shape index (κ2) is 9.37. The second-order valence-electron chi connectivity index (χ2n) is 6.46. The molecule has 0 bridgehead atoms. The minimum Gasteiger partial charge on any atom is -0.205 e. The van der Waals surface area contributed by atoms with E-state index in [4.69, 9.17) is 5.26 Å². The molecular formula is C21H25F2N. The molecule has 0 N–H and O–H groups in total. The predicted molar refractivity (Wildman–Crippen MR) is 94.4 cm³/mol. The molecule has 0 fully saturated rings. The maximum Gasteiger partial charge on any atom is 0.144 e. The molecule has 0 heterocycles. The van der Waals surface area contributed by atoms with Crippen LogP contribution in [0.3, 0.4) is 0 Å². The molecule has 0 atom stereocenters. The summed E-state index contributed by atoms with van der Waals surface area (Å²) < 4.78 is 27.5. The van der Waals surface area contributed by atoms with Crippen molar-refractivity contribution in [2.24, 2.45) is 0 Å². The first-order valence-electron chi connectivity index (χ1n) is 8.93. The number of nitriles is 1. The van der Waals surface area contributed by atoms with E-state index in [1.807, 2.05) is 6.08 Å². The number of hydrogen-bond donors (Lipinski definition) is 0. The third kappa shape index (κ3) is 5.03. The number of unbranched alkanes of at least 4 members (excludes halogenated alkanes) is 5. The fourth-order valence-corrected chi connectivity index (χ4v) is 3.13. The third-order valence-corrected chi connectivity index (χ3v) is 4.61. The van der Waals surface area contributed by atoms with Gasteiger partial charge in [0.05, 0.1) is 0 Å². The first kappa shape index (κ1) is 18.4. The van der Waals surface area contributed by atoms with Gasteiger partial charge in [-0.3, -0.25) is 0 Å². The van der Waals surface area contributed by atoms with Gasteiger partial charge in [0.25, 0.3) is 0 Å². The fourth-order valence-electron chi connectivity index (χ4n) is 3.13. The second-order valence-corrected chi connectivity index (χ2v) is 6.46. The summed E-state index contributed by atoms with van der Waals surface area (Å²) in [6.07, 6.45) is 14.7. The van der Waals surface area contributed by atoms with Crippen LogP contribution in [0.1, 0.15) is 75.8 Å². The maximum atomic E-state index is 13.7. The Hall–Kier alpha value is -1.95. The molecule has 1 nitrogen and oxygen atoms in total. The Kier molecular flexibility index (Phi) is 7.18. The van der Waals surface area contributed by atoms with Crippen molar-refractivity contribution in [3.05, 3.63) is 52.6 Å². The highest BCUT2D eigenvalue weighted by molar-refractivity contribution is 5.69. The number of rotatable bonds is 8. The van der Waals surface area contributed by atoms with Gasteiger partial charge in [-0.1, -0.05) is 56.8 Å². The molecule has 1 aliphatic rings. The normalized spacial score (nSPS) is 14.1. The van der Waals surface area contributed by atoms with Crippen LogP contribution in [0.5, 0.6) is 0 Å². The van der Waals surface area contributed by atoms with Crippen LogP contribution < -0.4 is 0 Å². The summed E-state index contributed by atoms with van der Waals surface area (Å²) in [6.45, 7) is 2.22. The molecule has 0 saturated heterocycles. The molecule has 0 spiro atoms. The molecule has 128 valence electrons. The molecule has 0 unspecified atom stereocenters. The van der Waals surface area contributed by atoms with Crippen molar-refractivity contribution in [2.45, 2.75) is 64.7 Å². The van der Waals surface area contributed by atoms with Gasteiger partial charge in [-0.2, -0.15) is 5.26 Å². The fraction of sp³-hybridized carbons (Fsp3) is 0.476. The first-order valence-corrected chi connectivity index (χ1v) is 8.93. The predicted octanol–water partition coefficient (Wildman–Crippen LogP) is 6.69. The monoisotopic (exact) mass is 329 g/mol. The Labute approximate surface area is 143 Å². The highest BCUT2D eigenvalue weighted by Crippen LogP contribution is 2.30. The number of benzene rings is 1. The zero-order valence-corrected chi connectivity index (χ0v) is 14.4. The molecule has 1 aliphatic carbocycles. The van der Waals surface area contributed by atoms with Gasteiger partial charge in [0.2, 0.25) is 0 Å². The van der Waals surface area contributed by atoms with Crippen molar-refractivity contribution in [3.63, 3.8) is 0 Å². The lowest BCUT2D eigenvalue weighted by Gasteiger charge is -2.15. The molecule has 0 aromatic heterocycles. The summed E-state index contributed by atoms with van der Waals surface area (Å²) in [5, 5.41) is 8.73. The third-order valence-electron chi connectivity index (χ3n) is 4.61. The van der Waals surface area contributed by atoms with Crippen molar-refractivity contribution in [1.29, 1.82) is 5.26 Å². The van der Waals surface area contributed by atoms with Gasteiger partial charge in [0.15, 0.2) is 0 Å². The molecule has 0 saturated carbocycles. The lowest BCUT2D eigenvalue weighted by molar-refractivity contribution is 0.576. The number of hydrogen-bond acceptors (Lipinski definition) is 1.